The summed E-state index contributed by atoms with van der Waals surface area (Å²) in [6, 6.07) is 63.6. The molecule has 0 bridgehead atoms. The van der Waals surface area contributed by atoms with E-state index in [0.717, 1.165) is 50.1 Å². The van der Waals surface area contributed by atoms with E-state index >= 15 is 0 Å². The van der Waals surface area contributed by atoms with Crippen LogP contribution in [0, 0.1) is 0 Å². The minimum Gasteiger partial charge on any atom is -0.455 e. The van der Waals surface area contributed by atoms with Crippen LogP contribution in [0.2, 0.25) is 0 Å². The average Bonchev–Trinajstić information content (AvgIpc) is 3.66. The number of hydrogen-bond acceptors (Lipinski definition) is 2. The van der Waals surface area contributed by atoms with Gasteiger partial charge in [0.05, 0.1) is 17.1 Å². The lowest BCUT2D eigenvalue weighted by Gasteiger charge is -2.32. The van der Waals surface area contributed by atoms with Crippen molar-refractivity contribution in [1.82, 2.24) is 0 Å². The van der Waals surface area contributed by atoms with Gasteiger partial charge in [0.2, 0.25) is 0 Å². The zero-order valence-electron chi connectivity index (χ0n) is 28.6. The van der Waals surface area contributed by atoms with Crippen molar-refractivity contribution in [3.05, 3.63) is 187 Å². The highest BCUT2D eigenvalue weighted by Crippen LogP contribution is 2.56. The minimum atomic E-state index is -0.129. The molecular weight excluding hydrogens is 619 g/mol. The van der Waals surface area contributed by atoms with Gasteiger partial charge in [-0.05, 0) is 63.4 Å². The highest BCUT2D eigenvalue weighted by molar-refractivity contribution is 6.14. The van der Waals surface area contributed by atoms with Gasteiger partial charge in [-0.15, -0.1) is 0 Å². The minimum absolute atomic E-state index is 0.129. The van der Waals surface area contributed by atoms with Crippen LogP contribution in [-0.2, 0) is 5.41 Å². The molecule has 0 atom stereocenters. The number of fused-ring (bicyclic) bond motifs is 7. The van der Waals surface area contributed by atoms with E-state index in [9.17, 15) is 0 Å². The van der Waals surface area contributed by atoms with Crippen LogP contribution in [0.15, 0.2) is 180 Å². The molecule has 2 nitrogen and oxygen atoms in total. The molecule has 0 aliphatic heterocycles. The number of benzene rings is 8. The summed E-state index contributed by atoms with van der Waals surface area (Å²) >= 11 is 0. The van der Waals surface area contributed by atoms with Crippen molar-refractivity contribution in [2.24, 2.45) is 0 Å². The molecule has 0 amide bonds. The average molecular weight is 654 g/mol. The van der Waals surface area contributed by atoms with Gasteiger partial charge < -0.3 is 9.32 Å². The summed E-state index contributed by atoms with van der Waals surface area (Å²) in [5, 5.41) is 4.64. The largest absolute Gasteiger partial charge is 0.455 e. The van der Waals surface area contributed by atoms with Crippen molar-refractivity contribution in [3.63, 3.8) is 0 Å². The zero-order valence-corrected chi connectivity index (χ0v) is 28.6. The third kappa shape index (κ3) is 4.50. The lowest BCUT2D eigenvalue weighted by atomic mass is 9.82. The number of anilines is 3. The Kier molecular flexibility index (Phi) is 6.56. The van der Waals surface area contributed by atoms with Gasteiger partial charge in [-0.3, -0.25) is 0 Å². The Morgan fingerprint density at radius 1 is 0.431 bits per heavy atom. The Morgan fingerprint density at radius 2 is 1.00 bits per heavy atom. The molecule has 0 fully saturated rings. The van der Waals surface area contributed by atoms with Gasteiger partial charge in [0.1, 0.15) is 11.2 Å². The van der Waals surface area contributed by atoms with Crippen LogP contribution in [0.1, 0.15) is 25.0 Å². The first-order valence-corrected chi connectivity index (χ1v) is 17.7. The maximum atomic E-state index is 6.81. The fourth-order valence-corrected chi connectivity index (χ4v) is 8.43. The molecule has 242 valence electrons. The predicted molar refractivity (Wildman–Crippen MR) is 214 cm³/mol. The Morgan fingerprint density at radius 3 is 1.80 bits per heavy atom. The maximum absolute atomic E-state index is 6.81. The number of nitrogens with zero attached hydrogens (tertiary/aromatic N) is 1. The monoisotopic (exact) mass is 653 g/mol. The van der Waals surface area contributed by atoms with Crippen LogP contribution in [0.25, 0.3) is 66.1 Å². The predicted octanol–water partition coefficient (Wildman–Crippen LogP) is 13.8. The Balaban J connectivity index is 1.28. The lowest BCUT2D eigenvalue weighted by molar-refractivity contribution is 0.660. The summed E-state index contributed by atoms with van der Waals surface area (Å²) in [7, 11) is 0. The van der Waals surface area contributed by atoms with Crippen molar-refractivity contribution in [3.8, 4) is 33.4 Å². The van der Waals surface area contributed by atoms with Gasteiger partial charge in [-0.1, -0.05) is 159 Å². The molecule has 1 heterocycles. The van der Waals surface area contributed by atoms with E-state index in [2.05, 4.69) is 195 Å². The maximum Gasteiger partial charge on any atom is 0.143 e. The van der Waals surface area contributed by atoms with E-state index in [1.807, 2.05) is 0 Å². The number of rotatable bonds is 5. The molecule has 0 spiro atoms. The Bertz CT molecular complexity index is 2790. The van der Waals surface area contributed by atoms with Gasteiger partial charge in [0, 0.05) is 38.4 Å². The van der Waals surface area contributed by atoms with Crippen LogP contribution in [0.3, 0.4) is 0 Å². The molecule has 0 unspecified atom stereocenters. The van der Waals surface area contributed by atoms with Crippen LogP contribution in [0.4, 0.5) is 17.1 Å². The second kappa shape index (κ2) is 11.3. The molecule has 9 aromatic rings. The molecule has 8 aromatic carbocycles. The summed E-state index contributed by atoms with van der Waals surface area (Å²) in [5.74, 6) is 0. The van der Waals surface area contributed by atoms with Gasteiger partial charge in [-0.25, -0.2) is 0 Å². The van der Waals surface area contributed by atoms with Crippen molar-refractivity contribution >= 4 is 49.8 Å². The first-order chi connectivity index (χ1) is 25.1. The van der Waals surface area contributed by atoms with Crippen LogP contribution in [-0.4, -0.2) is 0 Å². The zero-order chi connectivity index (χ0) is 34.1. The lowest BCUT2D eigenvalue weighted by Crippen LogP contribution is -2.16. The van der Waals surface area contributed by atoms with E-state index < -0.39 is 0 Å². The third-order valence-electron chi connectivity index (χ3n) is 10.9. The normalized spacial score (nSPS) is 13.1. The molecule has 1 aliphatic carbocycles. The molecule has 0 saturated heterocycles. The van der Waals surface area contributed by atoms with Crippen molar-refractivity contribution in [1.29, 1.82) is 0 Å². The standard InChI is InChI=1S/C49H35NO/c1-49(2)41-25-11-8-22-39(41)47-42(49)26-15-29-45(47)50(43-27-12-9-20-35(43)32-16-4-3-5-17-32)44-28-13-10-21-36(44)37-23-14-24-38-40-30-33-18-6-7-19-34(33)31-46(40)51-48(37)38/h3-31H,1-2H3. The quantitative estimate of drug-likeness (QED) is 0.184. The molecule has 0 N–H and O–H groups in total. The molecule has 1 aromatic heterocycles. The highest BCUT2D eigenvalue weighted by Gasteiger charge is 2.38. The molecule has 0 saturated carbocycles. The van der Waals surface area contributed by atoms with Gasteiger partial charge >= 0.3 is 0 Å². The van der Waals surface area contributed by atoms with E-state index in [-0.39, 0.29) is 5.41 Å². The second-order valence-corrected chi connectivity index (χ2v) is 14.1. The van der Waals surface area contributed by atoms with Crippen molar-refractivity contribution < 1.29 is 4.42 Å². The van der Waals surface area contributed by atoms with E-state index in [4.69, 9.17) is 4.42 Å². The van der Waals surface area contributed by atoms with E-state index in [1.54, 1.807) is 0 Å². The van der Waals surface area contributed by atoms with Crippen LogP contribution in [0.5, 0.6) is 0 Å². The second-order valence-electron chi connectivity index (χ2n) is 14.1. The van der Waals surface area contributed by atoms with Gasteiger partial charge in [0.25, 0.3) is 0 Å². The summed E-state index contributed by atoms with van der Waals surface area (Å²) in [6.07, 6.45) is 0. The van der Waals surface area contributed by atoms with Gasteiger partial charge in [-0.2, -0.15) is 0 Å². The molecule has 10 rings (SSSR count). The number of para-hydroxylation sites is 3. The molecule has 2 heteroatoms. The Hall–Kier alpha value is -6.38. The van der Waals surface area contributed by atoms with Crippen LogP contribution >= 0.6 is 0 Å². The van der Waals surface area contributed by atoms with E-state index in [1.165, 1.54) is 44.2 Å². The number of hydrogen-bond donors (Lipinski definition) is 0. The molecular formula is C49H35NO. The SMILES string of the molecule is CC1(C)c2ccccc2-c2c(N(c3ccccc3-c3ccccc3)c3ccccc3-c3cccc4c3oc3cc5ccccc5cc34)cccc21. The summed E-state index contributed by atoms with van der Waals surface area (Å²) in [5.41, 5.74) is 14.8. The van der Waals surface area contributed by atoms with E-state index in [0.29, 0.717) is 0 Å². The topological polar surface area (TPSA) is 16.4 Å². The Labute approximate surface area is 297 Å². The summed E-state index contributed by atoms with van der Waals surface area (Å²) in [6.45, 7) is 4.70. The first kappa shape index (κ1) is 29.5. The fraction of sp³-hybridized carbons (Fsp3) is 0.0612. The smallest absolute Gasteiger partial charge is 0.143 e. The third-order valence-corrected chi connectivity index (χ3v) is 10.9. The number of furan rings is 1. The first-order valence-electron chi connectivity index (χ1n) is 17.7. The van der Waals surface area contributed by atoms with Gasteiger partial charge in [0.15, 0.2) is 0 Å². The summed E-state index contributed by atoms with van der Waals surface area (Å²) in [4.78, 5) is 2.49. The molecule has 1 aliphatic rings. The molecule has 0 radical (unpaired) electrons. The highest BCUT2D eigenvalue weighted by atomic mass is 16.3. The summed E-state index contributed by atoms with van der Waals surface area (Å²) < 4.78 is 6.81. The molecule has 51 heavy (non-hydrogen) atoms. The van der Waals surface area contributed by atoms with Crippen LogP contribution < -0.4 is 4.90 Å². The fourth-order valence-electron chi connectivity index (χ4n) is 8.43. The van der Waals surface area contributed by atoms with Crippen molar-refractivity contribution in [2.75, 3.05) is 4.90 Å². The van der Waals surface area contributed by atoms with Crippen molar-refractivity contribution in [2.45, 2.75) is 19.3 Å².